The number of benzene rings is 1. The standard InChI is InChI=1S/C14H22N4O3S.2ClH/c1-11-3-4-12(9-13(11)22(20,21)15-2)17-14(19)10-18-7-5-16-6-8-18;;/h3-4,9,15-16H,5-8,10H2,1-2H3,(H,17,19);2*1H. The molecule has 0 aromatic heterocycles. The van der Waals surface area contributed by atoms with E-state index >= 15 is 0 Å². The van der Waals surface area contributed by atoms with Gasteiger partial charge in [0.2, 0.25) is 15.9 Å². The van der Waals surface area contributed by atoms with Gasteiger partial charge in [-0.1, -0.05) is 6.07 Å². The molecule has 3 N–H and O–H groups in total. The summed E-state index contributed by atoms with van der Waals surface area (Å²) in [4.78, 5) is 14.3. The Hall–Kier alpha value is -0.900. The van der Waals surface area contributed by atoms with Crippen molar-refractivity contribution in [1.82, 2.24) is 14.9 Å². The number of rotatable bonds is 5. The lowest BCUT2D eigenvalue weighted by Crippen LogP contribution is -2.46. The van der Waals surface area contributed by atoms with Crippen LogP contribution in [0.4, 0.5) is 5.69 Å². The van der Waals surface area contributed by atoms with Crippen molar-refractivity contribution in [2.45, 2.75) is 11.8 Å². The van der Waals surface area contributed by atoms with E-state index in [1.807, 2.05) is 0 Å². The van der Waals surface area contributed by atoms with Crippen LogP contribution in [0.5, 0.6) is 0 Å². The van der Waals surface area contributed by atoms with Gasteiger partial charge in [0.05, 0.1) is 11.4 Å². The van der Waals surface area contributed by atoms with Crippen molar-refractivity contribution in [3.05, 3.63) is 23.8 Å². The first-order valence-corrected chi connectivity index (χ1v) is 8.68. The first kappa shape index (κ1) is 23.1. The number of nitrogens with one attached hydrogen (secondary N) is 3. The van der Waals surface area contributed by atoms with E-state index in [1.54, 1.807) is 19.1 Å². The fraction of sp³-hybridized carbons (Fsp3) is 0.500. The van der Waals surface area contributed by atoms with E-state index in [4.69, 9.17) is 0 Å². The third-order valence-electron chi connectivity index (χ3n) is 3.61. The largest absolute Gasteiger partial charge is 0.325 e. The first-order valence-electron chi connectivity index (χ1n) is 7.19. The highest BCUT2D eigenvalue weighted by Crippen LogP contribution is 2.19. The van der Waals surface area contributed by atoms with Gasteiger partial charge in [-0.25, -0.2) is 13.1 Å². The summed E-state index contributed by atoms with van der Waals surface area (Å²) in [5, 5.41) is 5.99. The number of nitrogens with zero attached hydrogens (tertiary/aromatic N) is 1. The normalized spacial score (nSPS) is 15.1. The number of halogens is 2. The van der Waals surface area contributed by atoms with Crippen LogP contribution in [0.3, 0.4) is 0 Å². The van der Waals surface area contributed by atoms with Crippen molar-refractivity contribution in [3.8, 4) is 0 Å². The van der Waals surface area contributed by atoms with E-state index < -0.39 is 10.0 Å². The molecule has 10 heteroatoms. The predicted octanol–water partition coefficient (Wildman–Crippen LogP) is 0.590. The number of carbonyl (C=O) groups is 1. The number of hydrogen-bond acceptors (Lipinski definition) is 5. The summed E-state index contributed by atoms with van der Waals surface area (Å²) < 4.78 is 26.2. The van der Waals surface area contributed by atoms with Crippen molar-refractivity contribution < 1.29 is 13.2 Å². The highest BCUT2D eigenvalue weighted by Gasteiger charge is 2.17. The second-order valence-electron chi connectivity index (χ2n) is 5.26. The lowest BCUT2D eigenvalue weighted by atomic mass is 10.2. The van der Waals surface area contributed by atoms with Crippen molar-refractivity contribution in [1.29, 1.82) is 0 Å². The van der Waals surface area contributed by atoms with Crippen LogP contribution in [-0.4, -0.2) is 59.0 Å². The molecule has 0 spiro atoms. The molecule has 1 aliphatic rings. The van der Waals surface area contributed by atoms with Gasteiger partial charge in [0.25, 0.3) is 0 Å². The van der Waals surface area contributed by atoms with Crippen LogP contribution in [0.1, 0.15) is 5.56 Å². The van der Waals surface area contributed by atoms with E-state index in [2.05, 4.69) is 20.3 Å². The Kier molecular flexibility index (Phi) is 9.79. The summed E-state index contributed by atoms with van der Waals surface area (Å²) in [6, 6.07) is 4.88. The molecule has 0 bridgehead atoms. The van der Waals surface area contributed by atoms with Crippen molar-refractivity contribution >= 4 is 46.4 Å². The summed E-state index contributed by atoms with van der Waals surface area (Å²) >= 11 is 0. The lowest BCUT2D eigenvalue weighted by molar-refractivity contribution is -0.117. The number of anilines is 1. The average molecular weight is 399 g/mol. The zero-order valence-corrected chi connectivity index (χ0v) is 16.1. The Bertz CT molecular complexity index is 649. The van der Waals surface area contributed by atoms with E-state index in [1.165, 1.54) is 13.1 Å². The van der Waals surface area contributed by atoms with Crippen LogP contribution in [0, 0.1) is 6.92 Å². The molecule has 7 nitrogen and oxygen atoms in total. The summed E-state index contributed by atoms with van der Waals surface area (Å²) in [5.41, 5.74) is 1.12. The summed E-state index contributed by atoms with van der Waals surface area (Å²) in [7, 11) is -2.17. The van der Waals surface area contributed by atoms with Gasteiger partial charge in [0.1, 0.15) is 0 Å². The van der Waals surface area contributed by atoms with Crippen LogP contribution in [-0.2, 0) is 14.8 Å². The molecular formula is C14H24Cl2N4O3S. The maximum Gasteiger partial charge on any atom is 0.240 e. The second kappa shape index (κ2) is 10.2. The Morgan fingerprint density at radius 2 is 1.88 bits per heavy atom. The number of aryl methyl sites for hydroxylation is 1. The van der Waals surface area contributed by atoms with Crippen molar-refractivity contribution in [2.75, 3.05) is 45.1 Å². The van der Waals surface area contributed by atoms with E-state index in [-0.39, 0.29) is 35.6 Å². The molecule has 0 atom stereocenters. The molecule has 1 aromatic carbocycles. The molecule has 1 amide bonds. The molecule has 1 aromatic rings. The minimum Gasteiger partial charge on any atom is -0.325 e. The summed E-state index contributed by atoms with van der Waals surface area (Å²) in [5.74, 6) is -0.140. The maximum atomic E-state index is 12.1. The quantitative estimate of drug-likeness (QED) is 0.675. The monoisotopic (exact) mass is 398 g/mol. The Labute approximate surface area is 155 Å². The molecule has 0 unspecified atom stereocenters. The highest BCUT2D eigenvalue weighted by molar-refractivity contribution is 7.89. The first-order chi connectivity index (χ1) is 10.4. The van der Waals surface area contributed by atoms with Crippen LogP contribution in [0.25, 0.3) is 0 Å². The third-order valence-corrected chi connectivity index (χ3v) is 5.16. The SMILES string of the molecule is CNS(=O)(=O)c1cc(NC(=O)CN2CCNCC2)ccc1C.Cl.Cl. The van der Waals surface area contributed by atoms with Crippen molar-refractivity contribution in [3.63, 3.8) is 0 Å². The van der Waals surface area contributed by atoms with Gasteiger partial charge in [-0.05, 0) is 31.7 Å². The average Bonchev–Trinajstić information content (AvgIpc) is 2.50. The molecule has 1 heterocycles. The van der Waals surface area contributed by atoms with E-state index in [9.17, 15) is 13.2 Å². The second-order valence-corrected chi connectivity index (χ2v) is 7.12. The Morgan fingerprint density at radius 3 is 2.46 bits per heavy atom. The molecule has 1 saturated heterocycles. The number of sulfonamides is 1. The van der Waals surface area contributed by atoms with E-state index in [0.717, 1.165) is 26.2 Å². The number of amides is 1. The van der Waals surface area contributed by atoms with E-state index in [0.29, 0.717) is 17.8 Å². The summed E-state index contributed by atoms with van der Waals surface area (Å²) in [6.45, 7) is 5.45. The lowest BCUT2D eigenvalue weighted by Gasteiger charge is -2.26. The molecule has 0 saturated carbocycles. The predicted molar refractivity (Wildman–Crippen MR) is 99.9 cm³/mol. The van der Waals surface area contributed by atoms with Crippen LogP contribution in [0.2, 0.25) is 0 Å². The minimum absolute atomic E-state index is 0. The fourth-order valence-corrected chi connectivity index (χ4v) is 3.34. The Balaban J connectivity index is 0.00000264. The third kappa shape index (κ3) is 6.19. The smallest absolute Gasteiger partial charge is 0.240 e. The topological polar surface area (TPSA) is 90.5 Å². The van der Waals surface area contributed by atoms with Crippen LogP contribution in [0.15, 0.2) is 23.1 Å². The van der Waals surface area contributed by atoms with Gasteiger partial charge in [-0.2, -0.15) is 0 Å². The van der Waals surface area contributed by atoms with Gasteiger partial charge in [-0.15, -0.1) is 24.8 Å². The van der Waals surface area contributed by atoms with Crippen molar-refractivity contribution in [2.24, 2.45) is 0 Å². The number of hydrogen-bond donors (Lipinski definition) is 3. The molecule has 1 fully saturated rings. The highest BCUT2D eigenvalue weighted by atomic mass is 35.5. The zero-order valence-electron chi connectivity index (χ0n) is 13.7. The van der Waals surface area contributed by atoms with Gasteiger partial charge in [0, 0.05) is 31.9 Å². The molecule has 0 aliphatic carbocycles. The zero-order chi connectivity index (χ0) is 16.2. The molecular weight excluding hydrogens is 375 g/mol. The van der Waals surface area contributed by atoms with Crippen LogP contribution < -0.4 is 15.4 Å². The fourth-order valence-electron chi connectivity index (χ4n) is 2.35. The molecule has 0 radical (unpaired) electrons. The van der Waals surface area contributed by atoms with Gasteiger partial charge < -0.3 is 10.6 Å². The summed E-state index contributed by atoms with van der Waals surface area (Å²) in [6.07, 6.45) is 0. The minimum atomic E-state index is -3.53. The maximum absolute atomic E-state index is 12.1. The van der Waals surface area contributed by atoms with Gasteiger partial charge in [-0.3, -0.25) is 9.69 Å². The molecule has 24 heavy (non-hydrogen) atoms. The Morgan fingerprint density at radius 1 is 1.25 bits per heavy atom. The van der Waals surface area contributed by atoms with Gasteiger partial charge >= 0.3 is 0 Å². The van der Waals surface area contributed by atoms with Gasteiger partial charge in [0.15, 0.2) is 0 Å². The number of carbonyl (C=O) groups excluding carboxylic acids is 1. The molecule has 1 aliphatic heterocycles. The molecule has 138 valence electrons. The number of piperazine rings is 1. The molecule has 2 rings (SSSR count). The van der Waals surface area contributed by atoms with Crippen LogP contribution >= 0.6 is 24.8 Å².